The van der Waals surface area contributed by atoms with Crippen LogP contribution in [0, 0.1) is 11.6 Å². The van der Waals surface area contributed by atoms with Crippen molar-refractivity contribution in [1.82, 2.24) is 0 Å². The molecule has 2 aromatic carbocycles. The van der Waals surface area contributed by atoms with Crippen molar-refractivity contribution in [2.24, 2.45) is 5.73 Å². The van der Waals surface area contributed by atoms with Crippen molar-refractivity contribution in [3.05, 3.63) is 65.7 Å². The molecule has 2 aromatic rings. The van der Waals surface area contributed by atoms with E-state index in [9.17, 15) is 13.6 Å². The van der Waals surface area contributed by atoms with Crippen molar-refractivity contribution in [1.29, 1.82) is 0 Å². The van der Waals surface area contributed by atoms with Gasteiger partial charge in [0, 0.05) is 6.07 Å². The van der Waals surface area contributed by atoms with Gasteiger partial charge in [-0.15, -0.1) is 0 Å². The van der Waals surface area contributed by atoms with Gasteiger partial charge in [0.05, 0.1) is 11.7 Å². The van der Waals surface area contributed by atoms with Crippen LogP contribution in [0.4, 0.5) is 14.5 Å². The first kappa shape index (κ1) is 14.1. The first-order chi connectivity index (χ1) is 9.56. The second-order valence-corrected chi connectivity index (χ2v) is 4.41. The zero-order valence-corrected chi connectivity index (χ0v) is 10.6. The summed E-state index contributed by atoms with van der Waals surface area (Å²) in [5, 5.41) is 2.35. The van der Waals surface area contributed by atoms with Gasteiger partial charge in [-0.25, -0.2) is 8.78 Å². The minimum atomic E-state index is -0.828. The molecule has 104 valence electrons. The smallest absolute Gasteiger partial charge is 0.241 e. The molecule has 0 saturated heterocycles. The minimum absolute atomic E-state index is 0.0834. The fourth-order valence-electron chi connectivity index (χ4n) is 1.78. The van der Waals surface area contributed by atoms with Crippen LogP contribution in [0.3, 0.4) is 0 Å². The summed E-state index contributed by atoms with van der Waals surface area (Å²) in [7, 11) is 0. The van der Waals surface area contributed by atoms with Gasteiger partial charge >= 0.3 is 0 Å². The van der Waals surface area contributed by atoms with E-state index < -0.39 is 23.6 Å². The molecular formula is C15H14F2N2O. The lowest BCUT2D eigenvalue weighted by Gasteiger charge is -2.12. The number of benzene rings is 2. The van der Waals surface area contributed by atoms with Gasteiger partial charge in [0.15, 0.2) is 0 Å². The fraction of sp³-hybridized carbons (Fsp3) is 0.133. The van der Waals surface area contributed by atoms with Crippen LogP contribution >= 0.6 is 0 Å². The lowest BCUT2D eigenvalue weighted by molar-refractivity contribution is -0.117. The van der Waals surface area contributed by atoms with E-state index in [-0.39, 0.29) is 5.69 Å². The molecule has 0 spiro atoms. The van der Waals surface area contributed by atoms with Gasteiger partial charge in [-0.2, -0.15) is 0 Å². The lowest BCUT2D eigenvalue weighted by atomic mass is 10.1. The molecule has 3 nitrogen and oxygen atoms in total. The Kier molecular flexibility index (Phi) is 4.42. The number of anilines is 1. The summed E-state index contributed by atoms with van der Waals surface area (Å²) in [5.41, 5.74) is 6.60. The van der Waals surface area contributed by atoms with E-state index in [0.29, 0.717) is 12.5 Å². The molecule has 0 radical (unpaired) electrons. The van der Waals surface area contributed by atoms with E-state index in [1.165, 1.54) is 0 Å². The van der Waals surface area contributed by atoms with Crippen LogP contribution in [0.25, 0.3) is 0 Å². The molecule has 0 fully saturated rings. The largest absolute Gasteiger partial charge is 0.322 e. The third-order valence-electron chi connectivity index (χ3n) is 2.82. The molecule has 2 rings (SSSR count). The molecule has 0 unspecified atom stereocenters. The second-order valence-electron chi connectivity index (χ2n) is 4.41. The first-order valence-electron chi connectivity index (χ1n) is 6.11. The first-order valence-corrected chi connectivity index (χ1v) is 6.11. The SMILES string of the molecule is N[C@@H](Cc1ccccc1)C(=O)Nc1ccc(F)cc1F. The Hall–Kier alpha value is -2.27. The van der Waals surface area contributed by atoms with E-state index in [1.54, 1.807) is 0 Å². The molecule has 0 bridgehead atoms. The van der Waals surface area contributed by atoms with Crippen molar-refractivity contribution < 1.29 is 13.6 Å². The van der Waals surface area contributed by atoms with Crippen molar-refractivity contribution in [3.8, 4) is 0 Å². The van der Waals surface area contributed by atoms with Crippen LogP contribution in [-0.4, -0.2) is 11.9 Å². The summed E-state index contributed by atoms with van der Waals surface area (Å²) in [4.78, 5) is 11.9. The molecule has 1 amide bonds. The third-order valence-corrected chi connectivity index (χ3v) is 2.82. The highest BCUT2D eigenvalue weighted by Gasteiger charge is 2.16. The van der Waals surface area contributed by atoms with Crippen LogP contribution in [0.1, 0.15) is 5.56 Å². The Morgan fingerprint density at radius 1 is 1.15 bits per heavy atom. The van der Waals surface area contributed by atoms with Gasteiger partial charge in [-0.05, 0) is 24.1 Å². The monoisotopic (exact) mass is 276 g/mol. The van der Waals surface area contributed by atoms with Gasteiger partial charge < -0.3 is 11.1 Å². The van der Waals surface area contributed by atoms with Gasteiger partial charge in [0.2, 0.25) is 5.91 Å². The Bertz CT molecular complexity index is 602. The van der Waals surface area contributed by atoms with Crippen LogP contribution < -0.4 is 11.1 Å². The molecule has 0 heterocycles. The molecule has 0 saturated carbocycles. The highest BCUT2D eigenvalue weighted by atomic mass is 19.1. The number of amides is 1. The minimum Gasteiger partial charge on any atom is -0.322 e. The van der Waals surface area contributed by atoms with Gasteiger partial charge in [-0.3, -0.25) is 4.79 Å². The summed E-state index contributed by atoms with van der Waals surface area (Å²) < 4.78 is 26.2. The summed E-state index contributed by atoms with van der Waals surface area (Å²) in [6.07, 6.45) is 0.343. The van der Waals surface area contributed by atoms with Crippen LogP contribution in [0.5, 0.6) is 0 Å². The number of rotatable bonds is 4. The van der Waals surface area contributed by atoms with Crippen LogP contribution in [-0.2, 0) is 11.2 Å². The lowest BCUT2D eigenvalue weighted by Crippen LogP contribution is -2.37. The van der Waals surface area contributed by atoms with Crippen molar-refractivity contribution >= 4 is 11.6 Å². The summed E-state index contributed by atoms with van der Waals surface area (Å²) in [6, 6.07) is 11.4. The Labute approximate surface area is 115 Å². The van der Waals surface area contributed by atoms with Crippen LogP contribution in [0.2, 0.25) is 0 Å². The topological polar surface area (TPSA) is 55.1 Å². The molecule has 1 atom stereocenters. The number of carbonyl (C=O) groups is 1. The average molecular weight is 276 g/mol. The number of nitrogens with one attached hydrogen (secondary N) is 1. The number of halogens is 2. The van der Waals surface area contributed by atoms with E-state index >= 15 is 0 Å². The molecule has 5 heteroatoms. The number of nitrogens with two attached hydrogens (primary N) is 1. The van der Waals surface area contributed by atoms with E-state index in [4.69, 9.17) is 5.73 Å². The summed E-state index contributed by atoms with van der Waals surface area (Å²) in [5.74, 6) is -2.04. The Morgan fingerprint density at radius 3 is 2.50 bits per heavy atom. The van der Waals surface area contributed by atoms with Crippen LogP contribution in [0.15, 0.2) is 48.5 Å². The van der Waals surface area contributed by atoms with Crippen molar-refractivity contribution in [2.45, 2.75) is 12.5 Å². The number of hydrogen-bond donors (Lipinski definition) is 2. The zero-order chi connectivity index (χ0) is 14.5. The maximum absolute atomic E-state index is 13.4. The Morgan fingerprint density at radius 2 is 1.85 bits per heavy atom. The predicted octanol–water partition coefficient (Wildman–Crippen LogP) is 2.47. The maximum atomic E-state index is 13.4. The van der Waals surface area contributed by atoms with E-state index in [0.717, 1.165) is 17.7 Å². The molecule has 0 aliphatic carbocycles. The van der Waals surface area contributed by atoms with E-state index in [2.05, 4.69) is 5.32 Å². The zero-order valence-electron chi connectivity index (χ0n) is 10.6. The van der Waals surface area contributed by atoms with Crippen molar-refractivity contribution in [2.75, 3.05) is 5.32 Å². The molecular weight excluding hydrogens is 262 g/mol. The highest BCUT2D eigenvalue weighted by Crippen LogP contribution is 2.15. The van der Waals surface area contributed by atoms with Gasteiger partial charge in [0.1, 0.15) is 11.6 Å². The quantitative estimate of drug-likeness (QED) is 0.901. The van der Waals surface area contributed by atoms with Gasteiger partial charge in [0.25, 0.3) is 0 Å². The third kappa shape index (κ3) is 3.61. The predicted molar refractivity (Wildman–Crippen MR) is 73.1 cm³/mol. The normalized spacial score (nSPS) is 11.9. The number of hydrogen-bond acceptors (Lipinski definition) is 2. The molecule has 20 heavy (non-hydrogen) atoms. The summed E-state index contributed by atoms with van der Waals surface area (Å²) in [6.45, 7) is 0. The summed E-state index contributed by atoms with van der Waals surface area (Å²) >= 11 is 0. The van der Waals surface area contributed by atoms with E-state index in [1.807, 2.05) is 30.3 Å². The van der Waals surface area contributed by atoms with Crippen molar-refractivity contribution in [3.63, 3.8) is 0 Å². The fourth-order valence-corrected chi connectivity index (χ4v) is 1.78. The standard InChI is InChI=1S/C15H14F2N2O/c16-11-6-7-14(12(17)9-11)19-15(20)13(18)8-10-4-2-1-3-5-10/h1-7,9,13H,8,18H2,(H,19,20)/t13-/m0/s1. The highest BCUT2D eigenvalue weighted by molar-refractivity contribution is 5.94. The second kappa shape index (κ2) is 6.25. The molecule has 0 aromatic heterocycles. The maximum Gasteiger partial charge on any atom is 0.241 e. The molecule has 0 aliphatic rings. The average Bonchev–Trinajstić information content (AvgIpc) is 2.43. The Balaban J connectivity index is 2.01. The van der Waals surface area contributed by atoms with Gasteiger partial charge in [-0.1, -0.05) is 30.3 Å². The number of carbonyl (C=O) groups excluding carboxylic acids is 1. The molecule has 3 N–H and O–H groups in total. The molecule has 0 aliphatic heterocycles.